The average Bonchev–Trinajstić information content (AvgIpc) is 2.56. The maximum Gasteiger partial charge on any atom is 0.180 e. The van der Waals surface area contributed by atoms with Crippen LogP contribution in [0.25, 0.3) is 10.9 Å². The van der Waals surface area contributed by atoms with Gasteiger partial charge in [0.15, 0.2) is 5.78 Å². The third kappa shape index (κ3) is 1.38. The summed E-state index contributed by atoms with van der Waals surface area (Å²) in [6.45, 7) is 1.51. The fraction of sp³-hybridized carbons (Fsp3) is 0.273. The van der Waals surface area contributed by atoms with Crippen LogP contribution in [0.15, 0.2) is 18.2 Å². The maximum atomic E-state index is 11.4. The van der Waals surface area contributed by atoms with Crippen molar-refractivity contribution in [3.63, 3.8) is 0 Å². The zero-order chi connectivity index (χ0) is 11.0. The van der Waals surface area contributed by atoms with Gasteiger partial charge in [0.1, 0.15) is 11.4 Å². The van der Waals surface area contributed by atoms with Gasteiger partial charge in [-0.1, -0.05) is 6.07 Å². The Morgan fingerprint density at radius 3 is 2.80 bits per heavy atom. The Balaban J connectivity index is 2.88. The molecule has 0 saturated heterocycles. The third-order valence-electron chi connectivity index (χ3n) is 2.39. The van der Waals surface area contributed by atoms with Crippen LogP contribution in [0.2, 0.25) is 0 Å². The molecule has 0 bridgehead atoms. The van der Waals surface area contributed by atoms with Crippen molar-refractivity contribution in [2.45, 2.75) is 6.92 Å². The van der Waals surface area contributed by atoms with Crippen molar-refractivity contribution in [2.75, 3.05) is 7.11 Å². The minimum absolute atomic E-state index is 0.0508. The van der Waals surface area contributed by atoms with Crippen LogP contribution in [0, 0.1) is 0 Å². The van der Waals surface area contributed by atoms with Crippen molar-refractivity contribution < 1.29 is 9.53 Å². The van der Waals surface area contributed by atoms with E-state index < -0.39 is 0 Å². The molecule has 0 fully saturated rings. The normalized spacial score (nSPS) is 10.6. The largest absolute Gasteiger partial charge is 0.496 e. The zero-order valence-electron chi connectivity index (χ0n) is 8.94. The number of hydrogen-bond acceptors (Lipinski definition) is 3. The van der Waals surface area contributed by atoms with E-state index in [4.69, 9.17) is 4.74 Å². The molecule has 0 N–H and O–H groups in total. The van der Waals surface area contributed by atoms with Gasteiger partial charge in [0.25, 0.3) is 0 Å². The lowest BCUT2D eigenvalue weighted by Crippen LogP contribution is -1.96. The molecule has 1 aromatic heterocycles. The van der Waals surface area contributed by atoms with Crippen LogP contribution in [0.5, 0.6) is 5.75 Å². The van der Waals surface area contributed by atoms with E-state index in [1.165, 1.54) is 6.92 Å². The second-order valence-electron chi connectivity index (χ2n) is 3.38. The van der Waals surface area contributed by atoms with Crippen LogP contribution >= 0.6 is 0 Å². The lowest BCUT2D eigenvalue weighted by Gasteiger charge is -2.01. The summed E-state index contributed by atoms with van der Waals surface area (Å²) in [4.78, 5) is 11.4. The first-order valence-corrected chi connectivity index (χ1v) is 4.65. The van der Waals surface area contributed by atoms with Crippen molar-refractivity contribution in [3.05, 3.63) is 23.9 Å². The second kappa shape index (κ2) is 3.38. The number of hydrogen-bond donors (Lipinski definition) is 0. The number of carbonyl (C=O) groups is 1. The molecule has 1 heterocycles. The van der Waals surface area contributed by atoms with E-state index in [1.54, 1.807) is 11.8 Å². The molecule has 0 spiro atoms. The molecule has 4 nitrogen and oxygen atoms in total. The summed E-state index contributed by atoms with van der Waals surface area (Å²) >= 11 is 0. The highest BCUT2D eigenvalue weighted by Crippen LogP contribution is 2.28. The highest BCUT2D eigenvalue weighted by Gasteiger charge is 2.15. The average molecular weight is 204 g/mol. The van der Waals surface area contributed by atoms with Gasteiger partial charge in [-0.3, -0.25) is 9.48 Å². The van der Waals surface area contributed by atoms with E-state index in [9.17, 15) is 4.79 Å². The van der Waals surface area contributed by atoms with Gasteiger partial charge < -0.3 is 4.74 Å². The third-order valence-corrected chi connectivity index (χ3v) is 2.39. The Morgan fingerprint density at radius 2 is 2.20 bits per heavy atom. The molecule has 0 radical (unpaired) electrons. The summed E-state index contributed by atoms with van der Waals surface area (Å²) < 4.78 is 6.92. The van der Waals surface area contributed by atoms with Crippen molar-refractivity contribution in [1.82, 2.24) is 9.78 Å². The van der Waals surface area contributed by atoms with E-state index in [0.717, 1.165) is 10.9 Å². The molecular formula is C11H12N2O2. The summed E-state index contributed by atoms with van der Waals surface area (Å²) in [6.07, 6.45) is 0. The molecule has 0 amide bonds. The lowest BCUT2D eigenvalue weighted by molar-refractivity contribution is 0.101. The number of aryl methyl sites for hydroxylation is 1. The lowest BCUT2D eigenvalue weighted by atomic mass is 10.1. The van der Waals surface area contributed by atoms with Gasteiger partial charge >= 0.3 is 0 Å². The molecule has 1 aromatic carbocycles. The van der Waals surface area contributed by atoms with Gasteiger partial charge in [0.05, 0.1) is 18.0 Å². The first-order chi connectivity index (χ1) is 7.15. The molecule has 4 heteroatoms. The Kier molecular flexibility index (Phi) is 2.19. The SMILES string of the molecule is COc1cccc2c1c(C(C)=O)nn2C. The quantitative estimate of drug-likeness (QED) is 0.700. The van der Waals surface area contributed by atoms with E-state index in [0.29, 0.717) is 11.4 Å². The fourth-order valence-electron chi connectivity index (χ4n) is 1.70. The van der Waals surface area contributed by atoms with Crippen molar-refractivity contribution >= 4 is 16.7 Å². The first kappa shape index (κ1) is 9.71. The van der Waals surface area contributed by atoms with Crippen LogP contribution in [0.3, 0.4) is 0 Å². The minimum atomic E-state index is -0.0508. The van der Waals surface area contributed by atoms with E-state index >= 15 is 0 Å². The smallest absolute Gasteiger partial charge is 0.180 e. The monoisotopic (exact) mass is 204 g/mol. The molecule has 78 valence electrons. The number of ether oxygens (including phenoxy) is 1. The molecule has 0 aliphatic carbocycles. The number of ketones is 1. The minimum Gasteiger partial charge on any atom is -0.496 e. The summed E-state index contributed by atoms with van der Waals surface area (Å²) in [5.41, 5.74) is 1.37. The predicted molar refractivity (Wildman–Crippen MR) is 57.3 cm³/mol. The van der Waals surface area contributed by atoms with Crippen molar-refractivity contribution in [3.8, 4) is 5.75 Å². The van der Waals surface area contributed by atoms with E-state index in [2.05, 4.69) is 5.10 Å². The maximum absolute atomic E-state index is 11.4. The van der Waals surface area contributed by atoms with E-state index in [1.807, 2.05) is 25.2 Å². The number of benzene rings is 1. The highest BCUT2D eigenvalue weighted by atomic mass is 16.5. The van der Waals surface area contributed by atoms with Gasteiger partial charge in [-0.2, -0.15) is 5.10 Å². The zero-order valence-corrected chi connectivity index (χ0v) is 8.94. The summed E-state index contributed by atoms with van der Waals surface area (Å²) in [7, 11) is 3.40. The summed E-state index contributed by atoms with van der Waals surface area (Å²) in [5, 5.41) is 4.97. The number of rotatable bonds is 2. The number of methoxy groups -OCH3 is 1. The Bertz CT molecular complexity index is 529. The van der Waals surface area contributed by atoms with Gasteiger partial charge in [-0.25, -0.2) is 0 Å². The molecule has 0 atom stereocenters. The second-order valence-corrected chi connectivity index (χ2v) is 3.38. The molecule has 0 aliphatic rings. The van der Waals surface area contributed by atoms with Crippen LogP contribution in [-0.2, 0) is 7.05 Å². The van der Waals surface area contributed by atoms with Crippen LogP contribution < -0.4 is 4.74 Å². The molecular weight excluding hydrogens is 192 g/mol. The standard InChI is InChI=1S/C11H12N2O2/c1-7(14)11-10-8(13(2)12-11)5-4-6-9(10)15-3/h4-6H,1-3H3. The number of nitrogens with zero attached hydrogens (tertiary/aromatic N) is 2. The molecule has 0 unspecified atom stereocenters. The Labute approximate surface area is 87.5 Å². The fourth-order valence-corrected chi connectivity index (χ4v) is 1.70. The highest BCUT2D eigenvalue weighted by molar-refractivity contribution is 6.07. The molecule has 0 aliphatic heterocycles. The number of fused-ring (bicyclic) bond motifs is 1. The Morgan fingerprint density at radius 1 is 1.47 bits per heavy atom. The van der Waals surface area contributed by atoms with Crippen LogP contribution in [-0.4, -0.2) is 22.7 Å². The van der Waals surface area contributed by atoms with Crippen molar-refractivity contribution in [1.29, 1.82) is 0 Å². The molecule has 0 saturated carbocycles. The summed E-state index contributed by atoms with van der Waals surface area (Å²) in [6, 6.07) is 5.63. The van der Waals surface area contributed by atoms with Gasteiger partial charge in [0.2, 0.25) is 0 Å². The van der Waals surface area contributed by atoms with Gasteiger partial charge in [0, 0.05) is 14.0 Å². The Hall–Kier alpha value is -1.84. The number of carbonyl (C=O) groups excluding carboxylic acids is 1. The van der Waals surface area contributed by atoms with Crippen LogP contribution in [0.1, 0.15) is 17.4 Å². The topological polar surface area (TPSA) is 44.1 Å². The van der Waals surface area contributed by atoms with Gasteiger partial charge in [-0.05, 0) is 12.1 Å². The molecule has 2 aromatic rings. The molecule has 15 heavy (non-hydrogen) atoms. The van der Waals surface area contributed by atoms with E-state index in [-0.39, 0.29) is 5.78 Å². The van der Waals surface area contributed by atoms with Gasteiger partial charge in [-0.15, -0.1) is 0 Å². The number of aromatic nitrogens is 2. The number of Topliss-reactive ketones (excluding diaryl/α,β-unsaturated/α-hetero) is 1. The molecule has 2 rings (SSSR count). The first-order valence-electron chi connectivity index (χ1n) is 4.65. The predicted octanol–water partition coefficient (Wildman–Crippen LogP) is 1.78. The van der Waals surface area contributed by atoms with Crippen LogP contribution in [0.4, 0.5) is 0 Å². The van der Waals surface area contributed by atoms with Crippen molar-refractivity contribution in [2.24, 2.45) is 7.05 Å². The summed E-state index contributed by atoms with van der Waals surface area (Å²) in [5.74, 6) is 0.635.